The first kappa shape index (κ1) is 20.5. The molecule has 2 aliphatic rings. The molecular formula is C34H28O. The van der Waals surface area contributed by atoms with E-state index in [4.69, 9.17) is 4.74 Å². The average Bonchev–Trinajstić information content (AvgIpc) is 3.10. The number of ether oxygens (including phenoxy) is 1. The Hall–Kier alpha value is -3.84. The van der Waals surface area contributed by atoms with Crippen LogP contribution in [0.1, 0.15) is 49.9 Å². The maximum absolute atomic E-state index is 6.41. The van der Waals surface area contributed by atoms with Crippen molar-refractivity contribution in [1.82, 2.24) is 0 Å². The first-order chi connectivity index (χ1) is 16.9. The van der Waals surface area contributed by atoms with Gasteiger partial charge in [-0.15, -0.1) is 0 Å². The van der Waals surface area contributed by atoms with E-state index in [0.717, 1.165) is 11.5 Å². The second kappa shape index (κ2) is 6.86. The number of fused-ring (bicyclic) bond motifs is 7. The lowest BCUT2D eigenvalue weighted by Gasteiger charge is -2.34. The minimum Gasteiger partial charge on any atom is -0.457 e. The normalized spacial score (nSPS) is 16.1. The van der Waals surface area contributed by atoms with Crippen LogP contribution >= 0.6 is 0 Å². The van der Waals surface area contributed by atoms with Gasteiger partial charge in [-0.1, -0.05) is 107 Å². The Morgan fingerprint density at radius 1 is 0.514 bits per heavy atom. The fourth-order valence-corrected chi connectivity index (χ4v) is 6.32. The molecule has 0 fully saturated rings. The number of rotatable bonds is 1. The van der Waals surface area contributed by atoms with Gasteiger partial charge in [-0.3, -0.25) is 0 Å². The standard InChI is InChI=1S/C34H28O/c1-33(2)26-11-7-8-12-30(26)35-31-20-23(15-17-27(31)33)22-13-16-25-29(19-22)34(3,4)28-18-14-21-9-5-6-10-24(21)32(25)28/h5-20H,1-4H3. The molecule has 0 saturated carbocycles. The number of benzene rings is 5. The first-order valence-corrected chi connectivity index (χ1v) is 12.4. The lowest BCUT2D eigenvalue weighted by atomic mass is 9.75. The van der Waals surface area contributed by atoms with Crippen molar-refractivity contribution in [1.29, 1.82) is 0 Å². The Kier molecular flexibility index (Phi) is 4.02. The summed E-state index contributed by atoms with van der Waals surface area (Å²) in [7, 11) is 0. The third-order valence-electron chi connectivity index (χ3n) is 8.33. The van der Waals surface area contributed by atoms with Crippen molar-refractivity contribution in [3.63, 3.8) is 0 Å². The lowest BCUT2D eigenvalue weighted by Crippen LogP contribution is -2.24. The molecule has 0 saturated heterocycles. The van der Waals surface area contributed by atoms with Crippen LogP contribution in [0.2, 0.25) is 0 Å². The van der Waals surface area contributed by atoms with E-state index < -0.39 is 0 Å². The molecule has 0 aromatic heterocycles. The summed E-state index contributed by atoms with van der Waals surface area (Å²) in [6, 6.07) is 35.4. The predicted molar refractivity (Wildman–Crippen MR) is 146 cm³/mol. The van der Waals surface area contributed by atoms with Crippen molar-refractivity contribution in [3.8, 4) is 33.8 Å². The molecule has 5 aromatic rings. The summed E-state index contributed by atoms with van der Waals surface area (Å²) >= 11 is 0. The van der Waals surface area contributed by atoms with Crippen LogP contribution in [-0.2, 0) is 10.8 Å². The summed E-state index contributed by atoms with van der Waals surface area (Å²) in [4.78, 5) is 0. The lowest BCUT2D eigenvalue weighted by molar-refractivity contribution is 0.418. The topological polar surface area (TPSA) is 9.23 Å². The smallest absolute Gasteiger partial charge is 0.132 e. The summed E-state index contributed by atoms with van der Waals surface area (Å²) in [5.41, 5.74) is 10.3. The highest BCUT2D eigenvalue weighted by molar-refractivity contribution is 6.02. The van der Waals surface area contributed by atoms with Gasteiger partial charge in [0, 0.05) is 22.0 Å². The number of hydrogen-bond donors (Lipinski definition) is 0. The fraction of sp³-hybridized carbons (Fsp3) is 0.176. The van der Waals surface area contributed by atoms with Gasteiger partial charge in [0.1, 0.15) is 11.5 Å². The average molecular weight is 453 g/mol. The molecule has 5 aromatic carbocycles. The van der Waals surface area contributed by atoms with Crippen LogP contribution in [0.15, 0.2) is 97.1 Å². The summed E-state index contributed by atoms with van der Waals surface area (Å²) in [5.74, 6) is 1.92. The van der Waals surface area contributed by atoms with Crippen LogP contribution in [0.5, 0.6) is 11.5 Å². The molecule has 0 radical (unpaired) electrons. The van der Waals surface area contributed by atoms with Gasteiger partial charge < -0.3 is 4.74 Å². The van der Waals surface area contributed by atoms with Crippen molar-refractivity contribution in [2.45, 2.75) is 38.5 Å². The zero-order valence-corrected chi connectivity index (χ0v) is 20.6. The van der Waals surface area contributed by atoms with E-state index in [1.807, 2.05) is 6.07 Å². The van der Waals surface area contributed by atoms with Crippen LogP contribution in [0.4, 0.5) is 0 Å². The maximum Gasteiger partial charge on any atom is 0.132 e. The molecule has 0 bridgehead atoms. The van der Waals surface area contributed by atoms with Gasteiger partial charge in [0.25, 0.3) is 0 Å². The van der Waals surface area contributed by atoms with Crippen molar-refractivity contribution in [2.75, 3.05) is 0 Å². The van der Waals surface area contributed by atoms with E-state index in [1.165, 1.54) is 55.3 Å². The van der Waals surface area contributed by atoms with E-state index >= 15 is 0 Å². The monoisotopic (exact) mass is 452 g/mol. The molecule has 0 spiro atoms. The van der Waals surface area contributed by atoms with Crippen LogP contribution in [0.3, 0.4) is 0 Å². The summed E-state index contributed by atoms with van der Waals surface area (Å²) < 4.78 is 6.41. The molecule has 1 heterocycles. The van der Waals surface area contributed by atoms with Gasteiger partial charge in [-0.05, 0) is 62.4 Å². The molecule has 0 atom stereocenters. The summed E-state index contributed by atoms with van der Waals surface area (Å²) in [6.45, 7) is 9.27. The molecule has 7 rings (SSSR count). The van der Waals surface area contributed by atoms with Gasteiger partial charge in [0.05, 0.1) is 0 Å². The Morgan fingerprint density at radius 3 is 2.06 bits per heavy atom. The minimum absolute atomic E-state index is 0.0453. The third-order valence-corrected chi connectivity index (χ3v) is 8.33. The van der Waals surface area contributed by atoms with E-state index in [9.17, 15) is 0 Å². The second-order valence-corrected chi connectivity index (χ2v) is 11.0. The van der Waals surface area contributed by atoms with Gasteiger partial charge in [-0.25, -0.2) is 0 Å². The predicted octanol–water partition coefficient (Wildman–Crippen LogP) is 9.24. The zero-order chi connectivity index (χ0) is 23.9. The summed E-state index contributed by atoms with van der Waals surface area (Å²) in [6.07, 6.45) is 0. The van der Waals surface area contributed by atoms with Gasteiger partial charge in [0.15, 0.2) is 0 Å². The minimum atomic E-state index is -0.0919. The largest absolute Gasteiger partial charge is 0.457 e. The molecular weight excluding hydrogens is 424 g/mol. The molecule has 1 nitrogen and oxygen atoms in total. The first-order valence-electron chi connectivity index (χ1n) is 12.4. The SMILES string of the molecule is CC1(C)c2ccccc2Oc2cc(-c3ccc4c(c3)C(C)(C)c3ccc5ccccc5c3-4)ccc21. The summed E-state index contributed by atoms with van der Waals surface area (Å²) in [5, 5.41) is 2.64. The van der Waals surface area contributed by atoms with Gasteiger partial charge >= 0.3 is 0 Å². The van der Waals surface area contributed by atoms with Crippen molar-refractivity contribution >= 4 is 10.8 Å². The number of hydrogen-bond acceptors (Lipinski definition) is 1. The molecule has 0 N–H and O–H groups in total. The third kappa shape index (κ3) is 2.76. The molecule has 170 valence electrons. The quantitative estimate of drug-likeness (QED) is 0.246. The zero-order valence-electron chi connectivity index (χ0n) is 20.6. The van der Waals surface area contributed by atoms with Gasteiger partial charge in [0.2, 0.25) is 0 Å². The maximum atomic E-state index is 6.41. The van der Waals surface area contributed by atoms with Crippen LogP contribution in [-0.4, -0.2) is 0 Å². The Labute approximate surface area is 207 Å². The highest BCUT2D eigenvalue weighted by atomic mass is 16.5. The second-order valence-electron chi connectivity index (χ2n) is 11.0. The number of para-hydroxylation sites is 1. The Balaban J connectivity index is 1.37. The highest BCUT2D eigenvalue weighted by Gasteiger charge is 2.37. The van der Waals surface area contributed by atoms with Crippen molar-refractivity contribution in [2.24, 2.45) is 0 Å². The van der Waals surface area contributed by atoms with E-state index in [0.29, 0.717) is 0 Å². The fourth-order valence-electron chi connectivity index (χ4n) is 6.32. The van der Waals surface area contributed by atoms with Crippen LogP contribution in [0, 0.1) is 0 Å². The molecule has 1 aliphatic heterocycles. The molecule has 0 unspecified atom stereocenters. The van der Waals surface area contributed by atoms with Crippen molar-refractivity contribution in [3.05, 3.63) is 119 Å². The molecule has 1 aliphatic carbocycles. The highest BCUT2D eigenvalue weighted by Crippen LogP contribution is 2.53. The van der Waals surface area contributed by atoms with Crippen LogP contribution < -0.4 is 4.74 Å². The Morgan fingerprint density at radius 2 is 1.17 bits per heavy atom. The Bertz CT molecular complexity index is 1670. The van der Waals surface area contributed by atoms with Gasteiger partial charge in [-0.2, -0.15) is 0 Å². The molecule has 35 heavy (non-hydrogen) atoms. The molecule has 1 heteroatoms. The van der Waals surface area contributed by atoms with Crippen molar-refractivity contribution < 1.29 is 4.74 Å². The molecule has 0 amide bonds. The van der Waals surface area contributed by atoms with E-state index in [-0.39, 0.29) is 10.8 Å². The van der Waals surface area contributed by atoms with E-state index in [1.54, 1.807) is 0 Å². The van der Waals surface area contributed by atoms with Crippen LogP contribution in [0.25, 0.3) is 33.0 Å². The van der Waals surface area contributed by atoms with E-state index in [2.05, 4.69) is 119 Å².